The molecule has 7 heteroatoms. The molecule has 0 saturated carbocycles. The number of nitrogen functional groups attached to an aromatic ring is 1. The van der Waals surface area contributed by atoms with E-state index in [-0.39, 0.29) is 11.9 Å². The lowest BCUT2D eigenvalue weighted by atomic mass is 10.1. The Hall–Kier alpha value is -2.80. The molecule has 3 N–H and O–H groups in total. The van der Waals surface area contributed by atoms with Gasteiger partial charge >= 0.3 is 0 Å². The number of nitrogens with one attached hydrogen (secondary N) is 1. The van der Waals surface area contributed by atoms with Crippen LogP contribution in [0.15, 0.2) is 53.7 Å². The van der Waals surface area contributed by atoms with Crippen molar-refractivity contribution in [3.8, 4) is 0 Å². The fourth-order valence-electron chi connectivity index (χ4n) is 3.11. The van der Waals surface area contributed by atoms with Crippen molar-refractivity contribution in [3.05, 3.63) is 65.2 Å². The average Bonchev–Trinajstić information content (AvgIpc) is 3.05. The SMILES string of the molecule is CCC(C(=O)Nc1c(C)cccc1C)n1c(N)nnc1SCc1ccccc1. The van der Waals surface area contributed by atoms with Gasteiger partial charge in [0.15, 0.2) is 5.16 Å². The molecule has 1 atom stereocenters. The number of carbonyl (C=O) groups excluding carboxylic acids is 1. The Labute approximate surface area is 169 Å². The Kier molecular flexibility index (Phi) is 6.36. The molecule has 6 nitrogen and oxygen atoms in total. The maximum atomic E-state index is 13.1. The molecule has 0 radical (unpaired) electrons. The fourth-order valence-corrected chi connectivity index (χ4v) is 4.05. The molecule has 0 saturated heterocycles. The molecule has 0 spiro atoms. The van der Waals surface area contributed by atoms with Crippen LogP contribution in [0.4, 0.5) is 11.6 Å². The Morgan fingerprint density at radius 2 is 1.79 bits per heavy atom. The highest BCUT2D eigenvalue weighted by Crippen LogP contribution is 2.29. The summed E-state index contributed by atoms with van der Waals surface area (Å²) in [6.45, 7) is 5.93. The van der Waals surface area contributed by atoms with E-state index in [0.717, 1.165) is 22.6 Å². The summed E-state index contributed by atoms with van der Waals surface area (Å²) in [5.41, 5.74) is 10.1. The van der Waals surface area contributed by atoms with Crippen LogP contribution in [0.3, 0.4) is 0 Å². The predicted octanol–water partition coefficient (Wildman–Crippen LogP) is 4.36. The molecule has 0 aliphatic rings. The molecule has 1 amide bonds. The minimum absolute atomic E-state index is 0.118. The topological polar surface area (TPSA) is 85.8 Å². The van der Waals surface area contributed by atoms with Crippen molar-refractivity contribution < 1.29 is 4.79 Å². The van der Waals surface area contributed by atoms with Crippen LogP contribution in [-0.4, -0.2) is 20.7 Å². The molecule has 2 aromatic carbocycles. The van der Waals surface area contributed by atoms with E-state index < -0.39 is 6.04 Å². The molecule has 0 fully saturated rings. The first-order valence-electron chi connectivity index (χ1n) is 9.25. The minimum atomic E-state index is -0.479. The lowest BCUT2D eigenvalue weighted by molar-refractivity contribution is -0.119. The Balaban J connectivity index is 1.82. The number of nitrogens with zero attached hydrogens (tertiary/aromatic N) is 3. The summed E-state index contributed by atoms with van der Waals surface area (Å²) < 4.78 is 1.73. The second kappa shape index (κ2) is 8.93. The number of para-hydroxylation sites is 1. The van der Waals surface area contributed by atoms with Crippen molar-refractivity contribution in [1.82, 2.24) is 14.8 Å². The summed E-state index contributed by atoms with van der Waals surface area (Å²) in [6, 6.07) is 15.6. The molecule has 146 valence electrons. The van der Waals surface area contributed by atoms with Gasteiger partial charge in [0.2, 0.25) is 11.9 Å². The summed E-state index contributed by atoms with van der Waals surface area (Å²) in [5.74, 6) is 0.862. The van der Waals surface area contributed by atoms with E-state index in [2.05, 4.69) is 27.6 Å². The molecule has 3 aromatic rings. The van der Waals surface area contributed by atoms with Gasteiger partial charge in [-0.3, -0.25) is 9.36 Å². The summed E-state index contributed by atoms with van der Waals surface area (Å²) in [5, 5.41) is 11.9. The minimum Gasteiger partial charge on any atom is -0.368 e. The highest BCUT2D eigenvalue weighted by atomic mass is 32.2. The zero-order chi connectivity index (χ0) is 20.1. The van der Waals surface area contributed by atoms with E-state index in [9.17, 15) is 4.79 Å². The number of rotatable bonds is 7. The molecule has 28 heavy (non-hydrogen) atoms. The second-order valence-corrected chi connectivity index (χ2v) is 7.61. The third kappa shape index (κ3) is 4.36. The van der Waals surface area contributed by atoms with Crippen LogP contribution in [0.5, 0.6) is 0 Å². The number of aryl methyl sites for hydroxylation is 2. The van der Waals surface area contributed by atoms with E-state index in [1.165, 1.54) is 17.3 Å². The van der Waals surface area contributed by atoms with Crippen molar-refractivity contribution in [1.29, 1.82) is 0 Å². The first kappa shape index (κ1) is 19.9. The van der Waals surface area contributed by atoms with E-state index in [4.69, 9.17) is 5.73 Å². The molecule has 1 heterocycles. The number of carbonyl (C=O) groups is 1. The summed E-state index contributed by atoms with van der Waals surface area (Å²) >= 11 is 1.52. The van der Waals surface area contributed by atoms with E-state index in [1.807, 2.05) is 57.2 Å². The van der Waals surface area contributed by atoms with Crippen molar-refractivity contribution in [2.75, 3.05) is 11.1 Å². The normalized spacial score (nSPS) is 12.0. The molecular formula is C21H25N5OS. The van der Waals surface area contributed by atoms with Crippen LogP contribution in [0, 0.1) is 13.8 Å². The fraction of sp³-hybridized carbons (Fsp3) is 0.286. The standard InChI is InChI=1S/C21H25N5OS/c1-4-17(19(27)23-18-14(2)9-8-10-15(18)3)26-20(22)24-25-21(26)28-13-16-11-6-5-7-12-16/h5-12,17H,4,13H2,1-3H3,(H2,22,24)(H,23,27). The van der Waals surface area contributed by atoms with Gasteiger partial charge in [0, 0.05) is 11.4 Å². The largest absolute Gasteiger partial charge is 0.368 e. The number of hydrogen-bond donors (Lipinski definition) is 2. The van der Waals surface area contributed by atoms with Crippen LogP contribution in [0.25, 0.3) is 0 Å². The van der Waals surface area contributed by atoms with E-state index >= 15 is 0 Å². The number of hydrogen-bond acceptors (Lipinski definition) is 5. The number of aromatic nitrogens is 3. The van der Waals surface area contributed by atoms with Gasteiger partial charge in [-0.05, 0) is 37.0 Å². The van der Waals surface area contributed by atoms with Crippen LogP contribution in [0.2, 0.25) is 0 Å². The van der Waals surface area contributed by atoms with Crippen molar-refractivity contribution in [3.63, 3.8) is 0 Å². The zero-order valence-electron chi connectivity index (χ0n) is 16.3. The lowest BCUT2D eigenvalue weighted by Crippen LogP contribution is -2.27. The van der Waals surface area contributed by atoms with E-state index in [0.29, 0.717) is 11.6 Å². The third-order valence-electron chi connectivity index (χ3n) is 4.63. The molecular weight excluding hydrogens is 370 g/mol. The molecule has 0 aliphatic heterocycles. The van der Waals surface area contributed by atoms with Crippen molar-refractivity contribution in [2.45, 2.75) is 44.1 Å². The Bertz CT molecular complexity index is 934. The van der Waals surface area contributed by atoms with Crippen molar-refractivity contribution in [2.24, 2.45) is 0 Å². The van der Waals surface area contributed by atoms with Gasteiger partial charge in [-0.2, -0.15) is 0 Å². The average molecular weight is 396 g/mol. The monoisotopic (exact) mass is 395 g/mol. The number of nitrogens with two attached hydrogens (primary N) is 1. The molecule has 0 bridgehead atoms. The number of amides is 1. The second-order valence-electron chi connectivity index (χ2n) is 6.67. The van der Waals surface area contributed by atoms with Gasteiger partial charge in [0.25, 0.3) is 0 Å². The number of benzene rings is 2. The Morgan fingerprint density at radius 3 is 2.43 bits per heavy atom. The quantitative estimate of drug-likeness (QED) is 0.581. The molecule has 0 aliphatic carbocycles. The highest BCUT2D eigenvalue weighted by Gasteiger charge is 2.25. The third-order valence-corrected chi connectivity index (χ3v) is 5.65. The molecule has 1 unspecified atom stereocenters. The van der Waals surface area contributed by atoms with Crippen LogP contribution >= 0.6 is 11.8 Å². The first-order valence-corrected chi connectivity index (χ1v) is 10.2. The Morgan fingerprint density at radius 1 is 1.11 bits per heavy atom. The summed E-state index contributed by atoms with van der Waals surface area (Å²) in [4.78, 5) is 13.1. The molecule has 1 aromatic heterocycles. The van der Waals surface area contributed by atoms with E-state index in [1.54, 1.807) is 4.57 Å². The van der Waals surface area contributed by atoms with Crippen molar-refractivity contribution >= 4 is 29.3 Å². The van der Waals surface area contributed by atoms with Gasteiger partial charge < -0.3 is 11.1 Å². The van der Waals surface area contributed by atoms with Gasteiger partial charge in [0.05, 0.1) is 0 Å². The van der Waals surface area contributed by atoms with Gasteiger partial charge in [0.1, 0.15) is 6.04 Å². The van der Waals surface area contributed by atoms with Gasteiger partial charge in [-0.25, -0.2) is 0 Å². The number of anilines is 2. The van der Waals surface area contributed by atoms with Gasteiger partial charge in [-0.1, -0.05) is 67.2 Å². The lowest BCUT2D eigenvalue weighted by Gasteiger charge is -2.20. The smallest absolute Gasteiger partial charge is 0.247 e. The first-order chi connectivity index (χ1) is 13.5. The highest BCUT2D eigenvalue weighted by molar-refractivity contribution is 7.98. The number of thioether (sulfide) groups is 1. The van der Waals surface area contributed by atoms with Gasteiger partial charge in [-0.15, -0.1) is 10.2 Å². The zero-order valence-corrected chi connectivity index (χ0v) is 17.2. The summed E-state index contributed by atoms with van der Waals surface area (Å²) in [6.07, 6.45) is 0.581. The van der Waals surface area contributed by atoms with Crippen LogP contribution in [0.1, 0.15) is 36.1 Å². The maximum absolute atomic E-state index is 13.1. The summed E-state index contributed by atoms with van der Waals surface area (Å²) in [7, 11) is 0. The molecule has 3 rings (SSSR count). The maximum Gasteiger partial charge on any atom is 0.247 e. The van der Waals surface area contributed by atoms with Crippen LogP contribution in [-0.2, 0) is 10.5 Å². The van der Waals surface area contributed by atoms with Crippen LogP contribution < -0.4 is 11.1 Å². The predicted molar refractivity (Wildman–Crippen MR) is 114 cm³/mol.